The van der Waals surface area contributed by atoms with Gasteiger partial charge in [0.15, 0.2) is 5.65 Å². The van der Waals surface area contributed by atoms with Gasteiger partial charge in [0.1, 0.15) is 11.6 Å². The van der Waals surface area contributed by atoms with Crippen molar-refractivity contribution in [1.82, 2.24) is 19.9 Å². The second-order valence-electron chi connectivity index (χ2n) is 7.24. The van der Waals surface area contributed by atoms with Crippen LogP contribution in [0.15, 0.2) is 54.7 Å². The molecule has 30 heavy (non-hydrogen) atoms. The van der Waals surface area contributed by atoms with Gasteiger partial charge in [0.05, 0.1) is 22.9 Å². The average Bonchev–Trinajstić information content (AvgIpc) is 2.75. The summed E-state index contributed by atoms with van der Waals surface area (Å²) < 4.78 is 5.52. The van der Waals surface area contributed by atoms with Crippen molar-refractivity contribution in [2.24, 2.45) is 0 Å². The average molecular weight is 399 g/mol. The number of aryl methyl sites for hydroxylation is 2. The van der Waals surface area contributed by atoms with Gasteiger partial charge in [-0.3, -0.25) is 4.98 Å². The van der Waals surface area contributed by atoms with Crippen LogP contribution in [0.25, 0.3) is 22.4 Å². The zero-order valence-corrected chi connectivity index (χ0v) is 17.7. The largest absolute Gasteiger partial charge is 0.377 e. The quantitative estimate of drug-likeness (QED) is 0.459. The molecule has 3 heterocycles. The van der Waals surface area contributed by atoms with Crippen LogP contribution in [0, 0.1) is 13.8 Å². The van der Waals surface area contributed by atoms with Crippen molar-refractivity contribution in [2.45, 2.75) is 33.3 Å². The highest BCUT2D eigenvalue weighted by Crippen LogP contribution is 2.28. The van der Waals surface area contributed by atoms with Crippen LogP contribution >= 0.6 is 0 Å². The van der Waals surface area contributed by atoms with Crippen molar-refractivity contribution in [3.05, 3.63) is 71.7 Å². The Hall–Kier alpha value is -3.38. The van der Waals surface area contributed by atoms with E-state index in [2.05, 4.69) is 39.3 Å². The standard InChI is InChI=1S/C24H25N5O/c1-5-21(30-4)17-8-10-18(11-9-17)28-23-19-12-13-20(22-15(2)7-6-14-25-22)29-24(19)27-16(3)26-23/h6-14,21H,5H2,1-4H3,(H,26,27,28,29). The monoisotopic (exact) mass is 399 g/mol. The predicted octanol–water partition coefficient (Wildman–Crippen LogP) is 5.54. The first-order chi connectivity index (χ1) is 14.6. The molecule has 0 fully saturated rings. The second-order valence-corrected chi connectivity index (χ2v) is 7.24. The number of aromatic nitrogens is 4. The molecular formula is C24H25N5O. The summed E-state index contributed by atoms with van der Waals surface area (Å²) in [6.45, 7) is 6.02. The number of hydrogen-bond acceptors (Lipinski definition) is 6. The first-order valence-corrected chi connectivity index (χ1v) is 10.1. The maximum absolute atomic E-state index is 5.52. The van der Waals surface area contributed by atoms with E-state index in [-0.39, 0.29) is 6.10 Å². The van der Waals surface area contributed by atoms with Gasteiger partial charge in [0.25, 0.3) is 0 Å². The third-order valence-electron chi connectivity index (χ3n) is 5.12. The van der Waals surface area contributed by atoms with E-state index in [0.717, 1.165) is 45.8 Å². The van der Waals surface area contributed by atoms with E-state index in [4.69, 9.17) is 9.72 Å². The third kappa shape index (κ3) is 4.00. The Morgan fingerprint density at radius 2 is 1.77 bits per heavy atom. The maximum Gasteiger partial charge on any atom is 0.165 e. The van der Waals surface area contributed by atoms with Crippen molar-refractivity contribution in [3.63, 3.8) is 0 Å². The van der Waals surface area contributed by atoms with Gasteiger partial charge in [0.2, 0.25) is 0 Å². The minimum absolute atomic E-state index is 0.110. The highest BCUT2D eigenvalue weighted by Gasteiger charge is 2.12. The summed E-state index contributed by atoms with van der Waals surface area (Å²) in [5, 5.41) is 4.28. The van der Waals surface area contributed by atoms with Gasteiger partial charge in [-0.05, 0) is 61.7 Å². The van der Waals surface area contributed by atoms with E-state index in [1.54, 1.807) is 13.3 Å². The molecule has 6 heteroatoms. The molecule has 0 aliphatic rings. The number of fused-ring (bicyclic) bond motifs is 1. The van der Waals surface area contributed by atoms with E-state index in [1.165, 1.54) is 0 Å². The van der Waals surface area contributed by atoms with Gasteiger partial charge in [-0.15, -0.1) is 0 Å². The molecule has 0 aliphatic carbocycles. The number of nitrogens with zero attached hydrogens (tertiary/aromatic N) is 4. The summed E-state index contributed by atoms with van der Waals surface area (Å²) in [6, 6.07) is 16.2. The van der Waals surface area contributed by atoms with Crippen LogP contribution in [0.1, 0.15) is 36.4 Å². The molecular weight excluding hydrogens is 374 g/mol. The Morgan fingerprint density at radius 1 is 0.967 bits per heavy atom. The topological polar surface area (TPSA) is 72.8 Å². The lowest BCUT2D eigenvalue weighted by Crippen LogP contribution is -2.02. The summed E-state index contributed by atoms with van der Waals surface area (Å²) in [5.41, 5.74) is 5.51. The van der Waals surface area contributed by atoms with Crippen LogP contribution in [-0.4, -0.2) is 27.0 Å². The molecule has 4 aromatic rings. The van der Waals surface area contributed by atoms with Crippen LogP contribution in [0.5, 0.6) is 0 Å². The molecule has 152 valence electrons. The Labute approximate surface area is 176 Å². The minimum Gasteiger partial charge on any atom is -0.377 e. The second kappa shape index (κ2) is 8.55. The number of hydrogen-bond donors (Lipinski definition) is 1. The molecule has 0 saturated carbocycles. The fraction of sp³-hybridized carbons (Fsp3) is 0.250. The molecule has 0 bridgehead atoms. The molecule has 1 unspecified atom stereocenters. The molecule has 3 aromatic heterocycles. The predicted molar refractivity (Wildman–Crippen MR) is 120 cm³/mol. The van der Waals surface area contributed by atoms with Crippen LogP contribution < -0.4 is 5.32 Å². The van der Waals surface area contributed by atoms with Gasteiger partial charge >= 0.3 is 0 Å². The number of rotatable bonds is 6. The number of pyridine rings is 2. The van der Waals surface area contributed by atoms with E-state index in [0.29, 0.717) is 11.5 Å². The summed E-state index contributed by atoms with van der Waals surface area (Å²) >= 11 is 0. The van der Waals surface area contributed by atoms with Gasteiger partial charge < -0.3 is 10.1 Å². The SMILES string of the molecule is CCC(OC)c1ccc(Nc2nc(C)nc3nc(-c4ncccc4C)ccc23)cc1. The number of anilines is 2. The van der Waals surface area contributed by atoms with Crippen molar-refractivity contribution < 1.29 is 4.74 Å². The number of nitrogens with one attached hydrogen (secondary N) is 1. The first-order valence-electron chi connectivity index (χ1n) is 10.1. The van der Waals surface area contributed by atoms with E-state index >= 15 is 0 Å². The molecule has 0 spiro atoms. The normalized spacial score (nSPS) is 12.1. The number of methoxy groups -OCH3 is 1. The molecule has 6 nitrogen and oxygen atoms in total. The lowest BCUT2D eigenvalue weighted by Gasteiger charge is -2.15. The lowest BCUT2D eigenvalue weighted by molar-refractivity contribution is 0.100. The van der Waals surface area contributed by atoms with E-state index in [1.807, 2.05) is 50.2 Å². The smallest absolute Gasteiger partial charge is 0.165 e. The summed E-state index contributed by atoms with van der Waals surface area (Å²) in [6.07, 6.45) is 2.82. The van der Waals surface area contributed by atoms with Crippen LogP contribution in [0.4, 0.5) is 11.5 Å². The molecule has 4 rings (SSSR count). The fourth-order valence-electron chi connectivity index (χ4n) is 3.56. The third-order valence-corrected chi connectivity index (χ3v) is 5.12. The van der Waals surface area contributed by atoms with Gasteiger partial charge in [-0.2, -0.15) is 0 Å². The molecule has 0 amide bonds. The van der Waals surface area contributed by atoms with Crippen LogP contribution in [0.2, 0.25) is 0 Å². The van der Waals surface area contributed by atoms with Crippen molar-refractivity contribution in [3.8, 4) is 11.4 Å². The molecule has 1 aromatic carbocycles. The van der Waals surface area contributed by atoms with Gasteiger partial charge in [0, 0.05) is 19.0 Å². The Balaban J connectivity index is 1.69. The Bertz CT molecular complexity index is 1170. The van der Waals surface area contributed by atoms with Gasteiger partial charge in [-0.25, -0.2) is 15.0 Å². The highest BCUT2D eigenvalue weighted by atomic mass is 16.5. The summed E-state index contributed by atoms with van der Waals surface area (Å²) in [4.78, 5) is 18.4. The fourth-order valence-corrected chi connectivity index (χ4v) is 3.56. The number of benzene rings is 1. The zero-order chi connectivity index (χ0) is 21.1. The molecule has 0 radical (unpaired) electrons. The lowest BCUT2D eigenvalue weighted by atomic mass is 10.1. The molecule has 1 N–H and O–H groups in total. The van der Waals surface area contributed by atoms with Crippen LogP contribution in [-0.2, 0) is 4.74 Å². The van der Waals surface area contributed by atoms with Gasteiger partial charge in [-0.1, -0.05) is 25.1 Å². The van der Waals surface area contributed by atoms with Crippen molar-refractivity contribution >= 4 is 22.5 Å². The van der Waals surface area contributed by atoms with Crippen LogP contribution in [0.3, 0.4) is 0 Å². The molecule has 0 aliphatic heterocycles. The van der Waals surface area contributed by atoms with E-state index < -0.39 is 0 Å². The summed E-state index contributed by atoms with van der Waals surface area (Å²) in [5.74, 6) is 1.40. The molecule has 0 saturated heterocycles. The first kappa shape index (κ1) is 19.9. The number of ether oxygens (including phenoxy) is 1. The highest BCUT2D eigenvalue weighted by molar-refractivity contribution is 5.90. The van der Waals surface area contributed by atoms with Crippen molar-refractivity contribution in [1.29, 1.82) is 0 Å². The Kier molecular flexibility index (Phi) is 5.68. The maximum atomic E-state index is 5.52. The van der Waals surface area contributed by atoms with E-state index in [9.17, 15) is 0 Å². The molecule has 1 atom stereocenters. The minimum atomic E-state index is 0.110. The zero-order valence-electron chi connectivity index (χ0n) is 17.7. The Morgan fingerprint density at radius 3 is 2.47 bits per heavy atom. The van der Waals surface area contributed by atoms with Crippen molar-refractivity contribution in [2.75, 3.05) is 12.4 Å². The summed E-state index contributed by atoms with van der Waals surface area (Å²) in [7, 11) is 1.74.